The molecule has 1 aliphatic rings. The highest BCUT2D eigenvalue weighted by atomic mass is 32.2. The van der Waals surface area contributed by atoms with Gasteiger partial charge in [0.15, 0.2) is 0 Å². The fourth-order valence-electron chi connectivity index (χ4n) is 2.94. The molecule has 0 saturated carbocycles. The Balaban J connectivity index is 1.90. The van der Waals surface area contributed by atoms with Crippen molar-refractivity contribution in [2.24, 2.45) is 0 Å². The molecular formula is C19H20N2O5S. The molecule has 1 N–H and O–H groups in total. The van der Waals surface area contributed by atoms with E-state index in [9.17, 15) is 18.0 Å². The van der Waals surface area contributed by atoms with Gasteiger partial charge in [0, 0.05) is 19.4 Å². The Morgan fingerprint density at radius 3 is 2.41 bits per heavy atom. The Labute approximate surface area is 158 Å². The first-order valence-corrected chi connectivity index (χ1v) is 9.89. The van der Waals surface area contributed by atoms with Gasteiger partial charge in [-0.2, -0.15) is 0 Å². The number of rotatable bonds is 6. The third-order valence-electron chi connectivity index (χ3n) is 4.30. The molecule has 0 unspecified atom stereocenters. The maximum atomic E-state index is 12.7. The summed E-state index contributed by atoms with van der Waals surface area (Å²) in [5.41, 5.74) is 2.00. The van der Waals surface area contributed by atoms with Gasteiger partial charge in [0.05, 0.1) is 17.7 Å². The van der Waals surface area contributed by atoms with Crippen molar-refractivity contribution >= 4 is 27.5 Å². The smallest absolute Gasteiger partial charge is 0.240 e. The number of nitrogens with zero attached hydrogens (tertiary/aromatic N) is 1. The van der Waals surface area contributed by atoms with E-state index in [1.807, 2.05) is 31.2 Å². The van der Waals surface area contributed by atoms with Crippen LogP contribution in [0.3, 0.4) is 0 Å². The molecule has 27 heavy (non-hydrogen) atoms. The van der Waals surface area contributed by atoms with E-state index in [2.05, 4.69) is 4.72 Å². The van der Waals surface area contributed by atoms with E-state index < -0.39 is 10.0 Å². The molecule has 2 aromatic rings. The number of hydrogen-bond donors (Lipinski definition) is 1. The minimum Gasteiger partial charge on any atom is -0.495 e. The van der Waals surface area contributed by atoms with Crippen molar-refractivity contribution in [3.05, 3.63) is 53.6 Å². The molecule has 0 bridgehead atoms. The van der Waals surface area contributed by atoms with Crippen LogP contribution in [0, 0.1) is 6.92 Å². The second kappa shape index (κ2) is 7.50. The predicted molar refractivity (Wildman–Crippen MR) is 99.9 cm³/mol. The van der Waals surface area contributed by atoms with E-state index in [1.165, 1.54) is 25.3 Å². The molecule has 0 spiro atoms. The molecular weight excluding hydrogens is 368 g/mol. The van der Waals surface area contributed by atoms with Gasteiger partial charge in [-0.05, 0) is 30.7 Å². The molecule has 0 aliphatic carbocycles. The van der Waals surface area contributed by atoms with Crippen LogP contribution in [-0.2, 0) is 26.2 Å². The maximum Gasteiger partial charge on any atom is 0.240 e. The number of ether oxygens (including phenoxy) is 1. The lowest BCUT2D eigenvalue weighted by Gasteiger charge is -2.18. The van der Waals surface area contributed by atoms with Crippen molar-refractivity contribution in [3.63, 3.8) is 0 Å². The molecule has 7 nitrogen and oxygen atoms in total. The zero-order chi connectivity index (χ0) is 19.6. The Kier molecular flexibility index (Phi) is 5.29. The monoisotopic (exact) mass is 388 g/mol. The molecule has 1 fully saturated rings. The standard InChI is InChI=1S/C19H20N2O5S/c1-13-4-3-5-14(10-13)12-20-27(24,25)15-6-7-17(26-2)16(11-15)21-18(22)8-9-19(21)23/h3-7,10-11,20H,8-9,12H2,1-2H3. The largest absolute Gasteiger partial charge is 0.495 e. The molecule has 3 rings (SSSR count). The van der Waals surface area contributed by atoms with Crippen LogP contribution in [0.25, 0.3) is 0 Å². The van der Waals surface area contributed by atoms with E-state index in [4.69, 9.17) is 4.74 Å². The number of carbonyl (C=O) groups excluding carboxylic acids is 2. The minimum atomic E-state index is -3.84. The quantitative estimate of drug-likeness (QED) is 0.766. The van der Waals surface area contributed by atoms with Gasteiger partial charge >= 0.3 is 0 Å². The van der Waals surface area contributed by atoms with Gasteiger partial charge < -0.3 is 4.74 Å². The number of amides is 2. The molecule has 2 aromatic carbocycles. The highest BCUT2D eigenvalue weighted by Crippen LogP contribution is 2.34. The second-order valence-electron chi connectivity index (χ2n) is 6.27. The molecule has 0 atom stereocenters. The molecule has 8 heteroatoms. The summed E-state index contributed by atoms with van der Waals surface area (Å²) < 4.78 is 33.1. The average Bonchev–Trinajstić information content (AvgIpc) is 2.98. The lowest BCUT2D eigenvalue weighted by Crippen LogP contribution is -2.29. The molecule has 1 aliphatic heterocycles. The van der Waals surface area contributed by atoms with Crippen molar-refractivity contribution in [2.45, 2.75) is 31.2 Å². The summed E-state index contributed by atoms with van der Waals surface area (Å²) in [4.78, 5) is 25.0. The van der Waals surface area contributed by atoms with Crippen LogP contribution in [0.1, 0.15) is 24.0 Å². The summed E-state index contributed by atoms with van der Waals surface area (Å²) in [7, 11) is -2.44. The van der Waals surface area contributed by atoms with E-state index in [1.54, 1.807) is 0 Å². The van der Waals surface area contributed by atoms with Gasteiger partial charge in [-0.15, -0.1) is 0 Å². The summed E-state index contributed by atoms with van der Waals surface area (Å²) >= 11 is 0. The lowest BCUT2D eigenvalue weighted by atomic mass is 10.1. The molecule has 1 saturated heterocycles. The van der Waals surface area contributed by atoms with Crippen LogP contribution in [0.2, 0.25) is 0 Å². The van der Waals surface area contributed by atoms with Crippen LogP contribution in [0.5, 0.6) is 5.75 Å². The molecule has 1 heterocycles. The van der Waals surface area contributed by atoms with Crippen molar-refractivity contribution < 1.29 is 22.7 Å². The third kappa shape index (κ3) is 4.01. The number of carbonyl (C=O) groups is 2. The fraction of sp³-hybridized carbons (Fsp3) is 0.263. The Morgan fingerprint density at radius 1 is 1.07 bits per heavy atom. The summed E-state index contributed by atoms with van der Waals surface area (Å²) in [6.07, 6.45) is 0.204. The number of hydrogen-bond acceptors (Lipinski definition) is 5. The normalized spacial score (nSPS) is 14.7. The summed E-state index contributed by atoms with van der Waals surface area (Å²) in [5, 5.41) is 0. The van der Waals surface area contributed by atoms with Gasteiger partial charge in [0.1, 0.15) is 5.75 Å². The van der Waals surface area contributed by atoms with Crippen LogP contribution in [0.15, 0.2) is 47.4 Å². The van der Waals surface area contributed by atoms with E-state index >= 15 is 0 Å². The van der Waals surface area contributed by atoms with E-state index in [0.29, 0.717) is 0 Å². The first-order valence-electron chi connectivity index (χ1n) is 8.41. The first-order chi connectivity index (χ1) is 12.8. The average molecular weight is 388 g/mol. The Bertz CT molecular complexity index is 985. The van der Waals surface area contributed by atoms with Gasteiger partial charge in [-0.25, -0.2) is 18.0 Å². The minimum absolute atomic E-state index is 0.0431. The number of imide groups is 1. The van der Waals surface area contributed by atoms with Crippen molar-refractivity contribution in [1.82, 2.24) is 4.72 Å². The van der Waals surface area contributed by atoms with Crippen LogP contribution < -0.4 is 14.4 Å². The Hall–Kier alpha value is -2.71. The van der Waals surface area contributed by atoms with Crippen LogP contribution in [-0.4, -0.2) is 27.3 Å². The topological polar surface area (TPSA) is 92.8 Å². The zero-order valence-corrected chi connectivity index (χ0v) is 15.9. The fourth-order valence-corrected chi connectivity index (χ4v) is 3.98. The second-order valence-corrected chi connectivity index (χ2v) is 8.04. The van der Waals surface area contributed by atoms with E-state index in [-0.39, 0.29) is 47.5 Å². The maximum absolute atomic E-state index is 12.7. The molecule has 142 valence electrons. The van der Waals surface area contributed by atoms with Gasteiger partial charge in [0.2, 0.25) is 21.8 Å². The van der Waals surface area contributed by atoms with Crippen LogP contribution in [0.4, 0.5) is 5.69 Å². The van der Waals surface area contributed by atoms with E-state index in [0.717, 1.165) is 16.0 Å². The predicted octanol–water partition coefficient (Wildman–Crippen LogP) is 2.14. The van der Waals surface area contributed by atoms with Crippen molar-refractivity contribution in [1.29, 1.82) is 0 Å². The number of methoxy groups -OCH3 is 1. The summed E-state index contributed by atoms with van der Waals surface area (Å²) in [6, 6.07) is 11.6. The summed E-state index contributed by atoms with van der Waals surface area (Å²) in [6.45, 7) is 2.06. The third-order valence-corrected chi connectivity index (χ3v) is 5.70. The number of nitrogens with one attached hydrogen (secondary N) is 1. The first kappa shape index (κ1) is 19.1. The zero-order valence-electron chi connectivity index (χ0n) is 15.1. The molecule has 0 radical (unpaired) electrons. The molecule has 0 aromatic heterocycles. The van der Waals surface area contributed by atoms with Gasteiger partial charge in [-0.3, -0.25) is 9.59 Å². The number of sulfonamides is 1. The van der Waals surface area contributed by atoms with Crippen LogP contribution >= 0.6 is 0 Å². The van der Waals surface area contributed by atoms with Gasteiger partial charge in [-0.1, -0.05) is 29.8 Å². The number of aryl methyl sites for hydroxylation is 1. The SMILES string of the molecule is COc1ccc(S(=O)(=O)NCc2cccc(C)c2)cc1N1C(=O)CCC1=O. The number of anilines is 1. The highest BCUT2D eigenvalue weighted by Gasteiger charge is 2.33. The van der Waals surface area contributed by atoms with Gasteiger partial charge in [0.25, 0.3) is 0 Å². The number of benzene rings is 2. The Morgan fingerprint density at radius 2 is 1.78 bits per heavy atom. The van der Waals surface area contributed by atoms with Crippen molar-refractivity contribution in [3.8, 4) is 5.75 Å². The lowest BCUT2D eigenvalue weighted by molar-refractivity contribution is -0.121. The highest BCUT2D eigenvalue weighted by molar-refractivity contribution is 7.89. The summed E-state index contributed by atoms with van der Waals surface area (Å²) in [5.74, 6) is -0.489. The van der Waals surface area contributed by atoms with Crippen molar-refractivity contribution in [2.75, 3.05) is 12.0 Å². The molecule has 2 amide bonds.